The number of hydrogen-bond acceptors (Lipinski definition) is 18. The van der Waals surface area contributed by atoms with E-state index in [2.05, 4.69) is 42.5 Å². The fraction of sp³-hybridized carbons (Fsp3) is 0.297. The largest absolute Gasteiger partial charge is 0.507 e. The van der Waals surface area contributed by atoms with E-state index in [9.17, 15) is 110 Å². The molecule has 0 saturated heterocycles. The molecule has 8 amide bonds. The van der Waals surface area contributed by atoms with Gasteiger partial charge in [0.2, 0.25) is 0 Å². The molecule has 0 atom stereocenters. The first-order chi connectivity index (χ1) is 67.4. The Balaban J connectivity index is 0.000000201. The van der Waals surface area contributed by atoms with E-state index in [-0.39, 0.29) is 186 Å². The molecular weight excluding hydrogens is 1950 g/mol. The van der Waals surface area contributed by atoms with Crippen LogP contribution in [0, 0.1) is 58.2 Å². The predicted molar refractivity (Wildman–Crippen MR) is 504 cm³/mol. The number of ether oxygens (including phenoxy) is 6. The Kier molecular flexibility index (Phi) is 43.3. The molecule has 0 unspecified atom stereocenters. The molecule has 26 nitrogen and oxygen atoms in total. The smallest absolute Gasteiger partial charge is 0.407 e. The number of nitrogens with one attached hydrogen (secondary N) is 8. The van der Waals surface area contributed by atoms with Gasteiger partial charge in [0.15, 0.2) is 5.78 Å². The van der Waals surface area contributed by atoms with Gasteiger partial charge in [-0.3, -0.25) is 38.4 Å². The SMILES string of the molecule is CC(C)(C)OC(=O)NC/C(=C/F)COc1cc(F)cc2c1C(=O)NCC2.CC/C(=C\F)COc1cc(F)cc2c1C(=O)NCC2.Cl.Cl.NC/C(=C\F)COc1cc(F)cc2c1C(=O)NCC2.NC/C(=C\F)COc1cc(F)cc2c1C(=O)NCC2.O=C1CCc2cc(F)cc(F)c21.O=C1NCCc2cc(F)cc(F)c21.O=C1NCCc2cc(F)cc(O)c21.O=C1NCCc2cc(F)cc(OCc3ccccc3)c21. The molecule has 17 rings (SSSR count). The first kappa shape index (κ1) is 114. The summed E-state index contributed by atoms with van der Waals surface area (Å²) in [6.45, 7) is 9.92. The maximum Gasteiger partial charge on any atom is 0.407 e. The summed E-state index contributed by atoms with van der Waals surface area (Å²) in [7, 11) is 0. The Bertz CT molecular complexity index is 5990. The van der Waals surface area contributed by atoms with Gasteiger partial charge in [-0.25, -0.2) is 66.3 Å². The molecule has 7 aliphatic heterocycles. The van der Waals surface area contributed by atoms with E-state index < -0.39 is 70.0 Å². The van der Waals surface area contributed by atoms with E-state index in [0.717, 1.165) is 48.0 Å². The molecule has 9 aromatic rings. The third-order valence-corrected chi connectivity index (χ3v) is 21.8. The van der Waals surface area contributed by atoms with E-state index >= 15 is 0 Å². The zero-order valence-corrected chi connectivity index (χ0v) is 79.1. The number of nitrogens with two attached hydrogens (primary N) is 2. The Morgan fingerprint density at radius 2 is 0.629 bits per heavy atom. The lowest BCUT2D eigenvalue weighted by Crippen LogP contribution is -2.34. The standard InChI is InChI=1S/C18H22F2N2O4.C16H14FNO2.C14H15F2NO2.2C13H14F2N2O2.C9H7F2NO.C9H6F2O.C9H8FNO2.2ClH/c1-18(2,3)26-17(24)22-9-11(8-19)10-25-14-7-13(20)6-12-4-5-21-16(23)15(12)14;17-13-8-12-6-7-18-16(19)15(12)14(9-13)20-10-11-4-2-1-3-5-11;1-2-9(7-15)8-19-12-6-11(16)5-10-3-4-17-14(18)13(10)12;2*14-5-8(6-16)7-19-11-4-10(15)3-9-1-2-17-13(18)12(9)11;10-6-3-5-1-2-12-9(13)8(5)7(11)4-6;10-6-3-5-1-2-8(12)9(5)7(11)4-6;10-6-3-5-1-2-11-9(13)8(5)7(12)4-6;;/h6-8H,4-5,9-10H2,1-3H3,(H,21,23)(H,22,24);1-5,8-9H,6-7,10H2,(H,18,19);5-7H,2-4,8H2,1H3,(H,17,18);2*3-5H,1-2,6-7,16H2,(H,17,18);3-4H,1-2H2,(H,12,13);3-4H,1-2H2;3-4,12H,1-2H2,(H,11,13);2*1H/b11-8-;;9-7+;2*8-5+;;;;;. The minimum Gasteiger partial charge on any atom is -0.507 e. The highest BCUT2D eigenvalue weighted by Crippen LogP contribution is 2.35. The number of rotatable bonds is 20. The van der Waals surface area contributed by atoms with Gasteiger partial charge in [-0.1, -0.05) is 37.3 Å². The molecule has 0 fully saturated rings. The highest BCUT2D eigenvalue weighted by Gasteiger charge is 2.32. The average Bonchev–Trinajstić information content (AvgIpc) is 1.16. The van der Waals surface area contributed by atoms with Gasteiger partial charge < -0.3 is 87.5 Å². The minimum absolute atomic E-state index is 0. The quantitative estimate of drug-likeness (QED) is 0.0316. The van der Waals surface area contributed by atoms with Gasteiger partial charge >= 0.3 is 6.09 Å². The van der Waals surface area contributed by atoms with Crippen molar-refractivity contribution in [2.24, 2.45) is 11.5 Å². The molecule has 13 N–H and O–H groups in total. The Morgan fingerprint density at radius 1 is 0.357 bits per heavy atom. The molecule has 0 radical (unpaired) electrons. The Labute approximate surface area is 824 Å². The molecule has 0 aromatic heterocycles. The Morgan fingerprint density at radius 3 is 0.951 bits per heavy atom. The number of halogens is 16. The van der Waals surface area contributed by atoms with Crippen LogP contribution < -0.4 is 77.7 Å². The number of alkyl carbamates (subject to hydrolysis) is 1. The lowest BCUT2D eigenvalue weighted by Gasteiger charge is -2.21. The first-order valence-corrected chi connectivity index (χ1v) is 44.2. The van der Waals surface area contributed by atoms with E-state index in [4.69, 9.17) is 39.9 Å². The predicted octanol–water partition coefficient (Wildman–Crippen LogP) is 15.9. The van der Waals surface area contributed by atoms with Crippen LogP contribution in [0.1, 0.15) is 173 Å². The number of aromatic hydroxyl groups is 1. The van der Waals surface area contributed by atoms with Crippen molar-refractivity contribution in [2.45, 2.75) is 104 Å². The van der Waals surface area contributed by atoms with Crippen molar-refractivity contribution in [2.75, 3.05) is 91.9 Å². The van der Waals surface area contributed by atoms with Gasteiger partial charge in [0, 0.05) is 137 Å². The summed E-state index contributed by atoms with van der Waals surface area (Å²) in [5.41, 5.74) is 18.4. The third kappa shape index (κ3) is 32.3. The molecule has 7 heterocycles. The summed E-state index contributed by atoms with van der Waals surface area (Å²) in [5, 5.41) is 30.2. The van der Waals surface area contributed by atoms with Gasteiger partial charge in [0.25, 0.3) is 41.4 Å². The van der Waals surface area contributed by atoms with Crippen molar-refractivity contribution < 1.29 is 138 Å². The van der Waals surface area contributed by atoms with Gasteiger partial charge in [0.1, 0.15) is 131 Å². The van der Waals surface area contributed by atoms with Crippen LogP contribution in [0.5, 0.6) is 34.5 Å². The van der Waals surface area contributed by atoms with Crippen molar-refractivity contribution in [3.05, 3.63) is 328 Å². The summed E-state index contributed by atoms with van der Waals surface area (Å²) in [5.74, 6) is -7.63. The van der Waals surface area contributed by atoms with Crippen LogP contribution in [0.3, 0.4) is 0 Å². The fourth-order valence-electron chi connectivity index (χ4n) is 15.0. The molecular formula is C101H102Cl2F14N10O16. The normalized spacial score (nSPS) is 14.4. The topological polar surface area (TPSA) is 378 Å². The second-order valence-corrected chi connectivity index (χ2v) is 33.1. The van der Waals surface area contributed by atoms with Gasteiger partial charge in [0.05, 0.1) is 69.8 Å². The van der Waals surface area contributed by atoms with Crippen molar-refractivity contribution in [3.8, 4) is 34.5 Å². The number of carbonyl (C=O) groups excluding carboxylic acids is 9. The van der Waals surface area contributed by atoms with E-state index in [1.54, 1.807) is 27.7 Å². The lowest BCUT2D eigenvalue weighted by molar-refractivity contribution is 0.0529. The fourth-order valence-corrected chi connectivity index (χ4v) is 15.0. The lowest BCUT2D eigenvalue weighted by atomic mass is 9.99. The van der Waals surface area contributed by atoms with Crippen LogP contribution in [0.2, 0.25) is 0 Å². The number of carbonyl (C=O) groups is 9. The second-order valence-electron chi connectivity index (χ2n) is 33.1. The summed E-state index contributed by atoms with van der Waals surface area (Å²) < 4.78 is 214. The summed E-state index contributed by atoms with van der Waals surface area (Å²) in [4.78, 5) is 104. The molecule has 0 saturated carbocycles. The minimum atomic E-state index is -0.785. The molecule has 143 heavy (non-hydrogen) atoms. The molecule has 9 aromatic carbocycles. The van der Waals surface area contributed by atoms with E-state index in [1.807, 2.05) is 30.3 Å². The molecule has 8 aliphatic rings. The summed E-state index contributed by atoms with van der Waals surface area (Å²) in [6.07, 6.45) is 5.85. The number of phenols is 1. The zero-order chi connectivity index (χ0) is 102. The molecule has 42 heteroatoms. The van der Waals surface area contributed by atoms with Crippen LogP contribution in [0.4, 0.5) is 66.3 Å². The molecule has 0 spiro atoms. The van der Waals surface area contributed by atoms with E-state index in [1.165, 1.54) is 54.6 Å². The Hall–Kier alpha value is -14.5. The number of aryl methyl sites for hydroxylation is 1. The van der Waals surface area contributed by atoms with Crippen LogP contribution in [0.15, 0.2) is 175 Å². The third-order valence-electron chi connectivity index (χ3n) is 21.8. The highest BCUT2D eigenvalue weighted by molar-refractivity contribution is 6.04. The number of fused-ring (bicyclic) bond motifs is 8. The monoisotopic (exact) mass is 2050 g/mol. The van der Waals surface area contributed by atoms with Gasteiger partial charge in [-0.15, -0.1) is 24.8 Å². The average molecular weight is 2050 g/mol. The number of benzene rings is 9. The first-order valence-electron chi connectivity index (χ1n) is 44.2. The molecule has 0 bridgehead atoms. The van der Waals surface area contributed by atoms with Crippen LogP contribution >= 0.6 is 24.8 Å². The van der Waals surface area contributed by atoms with Crippen LogP contribution in [-0.2, 0) is 62.7 Å². The second kappa shape index (κ2) is 54.5. The van der Waals surface area contributed by atoms with Crippen molar-refractivity contribution >= 4 is 78.0 Å². The molecule has 764 valence electrons. The van der Waals surface area contributed by atoms with Crippen molar-refractivity contribution in [1.29, 1.82) is 0 Å². The van der Waals surface area contributed by atoms with Crippen molar-refractivity contribution in [1.82, 2.24) is 42.5 Å². The maximum absolute atomic E-state index is 13.7. The maximum atomic E-state index is 13.7. The summed E-state index contributed by atoms with van der Waals surface area (Å²) in [6, 6.07) is 28.1. The van der Waals surface area contributed by atoms with Gasteiger partial charge in [-0.05, 0) is 183 Å². The van der Waals surface area contributed by atoms with E-state index in [0.29, 0.717) is 220 Å². The number of hydrogen-bond donors (Lipinski definition) is 11. The highest BCUT2D eigenvalue weighted by atomic mass is 35.5. The summed E-state index contributed by atoms with van der Waals surface area (Å²) >= 11 is 0. The van der Waals surface area contributed by atoms with Crippen LogP contribution in [0.25, 0.3) is 0 Å². The zero-order valence-electron chi connectivity index (χ0n) is 77.4. The number of Topliss-reactive ketones (excluding diaryl/α,β-unsaturated/α-hetero) is 1. The number of phenolic OH excluding ortho intramolecular Hbond substituents is 1. The molecule has 1 aliphatic carbocycles. The van der Waals surface area contributed by atoms with Gasteiger partial charge in [-0.2, -0.15) is 0 Å². The number of ketones is 1. The number of amides is 8. The van der Waals surface area contributed by atoms with Crippen molar-refractivity contribution in [3.63, 3.8) is 0 Å². The van der Waals surface area contributed by atoms with Crippen LogP contribution in [-0.4, -0.2) is 156 Å².